The second-order valence-corrected chi connectivity index (χ2v) is 7.36. The molecule has 2 aliphatic rings. The maximum atomic E-state index is 12.8. The average Bonchev–Trinajstić information content (AvgIpc) is 3.35. The molecule has 1 aromatic heterocycles. The van der Waals surface area contributed by atoms with Gasteiger partial charge >= 0.3 is 0 Å². The average molecular weight is 326 g/mol. The summed E-state index contributed by atoms with van der Waals surface area (Å²) >= 11 is 0. The molecule has 2 fully saturated rings. The summed E-state index contributed by atoms with van der Waals surface area (Å²) < 4.78 is 5.87. The third-order valence-electron chi connectivity index (χ3n) is 5.44. The van der Waals surface area contributed by atoms with E-state index in [9.17, 15) is 4.79 Å². The van der Waals surface area contributed by atoms with Gasteiger partial charge in [-0.05, 0) is 57.2 Å². The van der Waals surface area contributed by atoms with Crippen LogP contribution in [0.4, 0.5) is 0 Å². The van der Waals surface area contributed by atoms with Gasteiger partial charge in [0.1, 0.15) is 11.3 Å². The second-order valence-electron chi connectivity index (χ2n) is 7.36. The van der Waals surface area contributed by atoms with Gasteiger partial charge in [-0.3, -0.25) is 4.79 Å². The zero-order chi connectivity index (χ0) is 16.5. The second kappa shape index (κ2) is 6.60. The first-order chi connectivity index (χ1) is 11.7. The first kappa shape index (κ1) is 15.7. The third kappa shape index (κ3) is 3.34. The lowest BCUT2D eigenvalue weighted by Gasteiger charge is -2.33. The summed E-state index contributed by atoms with van der Waals surface area (Å²) in [5.74, 6) is 1.66. The van der Waals surface area contributed by atoms with Gasteiger partial charge in [0, 0.05) is 24.5 Å². The van der Waals surface area contributed by atoms with Crippen LogP contribution in [0.1, 0.15) is 44.3 Å². The normalized spacial score (nSPS) is 20.5. The van der Waals surface area contributed by atoms with E-state index in [1.165, 1.54) is 12.8 Å². The van der Waals surface area contributed by atoms with Gasteiger partial charge in [0.05, 0.1) is 5.92 Å². The van der Waals surface area contributed by atoms with Crippen molar-refractivity contribution in [3.8, 4) is 0 Å². The minimum atomic E-state index is -0.214. The van der Waals surface area contributed by atoms with E-state index < -0.39 is 0 Å². The van der Waals surface area contributed by atoms with Crippen molar-refractivity contribution in [1.82, 2.24) is 10.2 Å². The lowest BCUT2D eigenvalue weighted by Crippen LogP contribution is -2.46. The molecule has 2 heterocycles. The Kier molecular flexibility index (Phi) is 4.31. The molecule has 4 heteroatoms. The Morgan fingerprint density at radius 2 is 2.00 bits per heavy atom. The number of furan rings is 1. The highest BCUT2D eigenvalue weighted by Gasteiger charge is 2.29. The molecule has 24 heavy (non-hydrogen) atoms. The van der Waals surface area contributed by atoms with E-state index in [1.807, 2.05) is 42.2 Å². The third-order valence-corrected chi connectivity index (χ3v) is 5.44. The largest absolute Gasteiger partial charge is 0.460 e. The van der Waals surface area contributed by atoms with Gasteiger partial charge in [-0.25, -0.2) is 0 Å². The summed E-state index contributed by atoms with van der Waals surface area (Å²) in [5.41, 5.74) is 0.857. The van der Waals surface area contributed by atoms with Crippen molar-refractivity contribution in [3.05, 3.63) is 36.1 Å². The Hall–Kier alpha value is -1.81. The van der Waals surface area contributed by atoms with Gasteiger partial charge in [0.2, 0.25) is 5.91 Å². The van der Waals surface area contributed by atoms with Crippen LogP contribution in [0.2, 0.25) is 0 Å². The van der Waals surface area contributed by atoms with E-state index >= 15 is 0 Å². The van der Waals surface area contributed by atoms with Crippen molar-refractivity contribution in [2.24, 2.45) is 5.92 Å². The number of carbonyl (C=O) groups excluding carboxylic acids is 1. The van der Waals surface area contributed by atoms with Crippen LogP contribution in [0.25, 0.3) is 11.0 Å². The predicted molar refractivity (Wildman–Crippen MR) is 95.0 cm³/mol. The fraction of sp³-hybridized carbons (Fsp3) is 0.550. The highest BCUT2D eigenvalue weighted by Crippen LogP contribution is 2.29. The predicted octanol–water partition coefficient (Wildman–Crippen LogP) is 3.53. The molecule has 4 rings (SSSR count). The van der Waals surface area contributed by atoms with Crippen molar-refractivity contribution in [2.45, 2.75) is 44.6 Å². The smallest absolute Gasteiger partial charge is 0.233 e. The molecule has 1 aliphatic carbocycles. The van der Waals surface area contributed by atoms with Crippen LogP contribution < -0.4 is 5.32 Å². The van der Waals surface area contributed by atoms with Crippen LogP contribution in [0.15, 0.2) is 34.7 Å². The molecule has 1 aromatic carbocycles. The Bertz CT molecular complexity index is 678. The SMILES string of the molecule is CC(C(=O)N1CCC(NCC2CC2)CC1)c1cc2ccccc2o1. The van der Waals surface area contributed by atoms with Crippen LogP contribution in [0, 0.1) is 5.92 Å². The Labute approximate surface area is 143 Å². The molecular formula is C20H26N2O2. The fourth-order valence-corrected chi connectivity index (χ4v) is 3.57. The summed E-state index contributed by atoms with van der Waals surface area (Å²) in [6.45, 7) is 4.82. The minimum absolute atomic E-state index is 0.190. The maximum Gasteiger partial charge on any atom is 0.233 e. The van der Waals surface area contributed by atoms with E-state index in [4.69, 9.17) is 4.42 Å². The van der Waals surface area contributed by atoms with Gasteiger partial charge in [0.25, 0.3) is 0 Å². The van der Waals surface area contributed by atoms with E-state index in [1.54, 1.807) is 0 Å². The maximum absolute atomic E-state index is 12.8. The summed E-state index contributed by atoms with van der Waals surface area (Å²) in [6.07, 6.45) is 4.90. The monoisotopic (exact) mass is 326 g/mol. The summed E-state index contributed by atoms with van der Waals surface area (Å²) in [6, 6.07) is 10.5. The standard InChI is InChI=1S/C20H26N2O2/c1-14(19-12-16-4-2-3-5-18(16)24-19)20(23)22-10-8-17(9-11-22)21-13-15-6-7-15/h2-5,12,14-15,17,21H,6-11,13H2,1H3. The Morgan fingerprint density at radius 1 is 1.25 bits per heavy atom. The van der Waals surface area contributed by atoms with Crippen LogP contribution in [0.3, 0.4) is 0 Å². The van der Waals surface area contributed by atoms with E-state index in [0.29, 0.717) is 6.04 Å². The first-order valence-corrected chi connectivity index (χ1v) is 9.21. The molecule has 0 bridgehead atoms. The fourth-order valence-electron chi connectivity index (χ4n) is 3.57. The summed E-state index contributed by atoms with van der Waals surface area (Å²) in [4.78, 5) is 14.8. The number of benzene rings is 1. The van der Waals surface area contributed by atoms with Gasteiger partial charge in [-0.2, -0.15) is 0 Å². The highest BCUT2D eigenvalue weighted by molar-refractivity contribution is 5.85. The number of carbonyl (C=O) groups is 1. The molecule has 2 aromatic rings. The van der Waals surface area contributed by atoms with Gasteiger partial charge in [-0.15, -0.1) is 0 Å². The van der Waals surface area contributed by atoms with Crippen molar-refractivity contribution in [2.75, 3.05) is 19.6 Å². The molecule has 1 saturated carbocycles. The number of hydrogen-bond acceptors (Lipinski definition) is 3. The van der Waals surface area contributed by atoms with Crippen molar-refractivity contribution in [3.63, 3.8) is 0 Å². The molecule has 1 N–H and O–H groups in total. The number of piperidine rings is 1. The van der Waals surface area contributed by atoms with Crippen LogP contribution in [-0.2, 0) is 4.79 Å². The molecule has 1 amide bonds. The van der Waals surface area contributed by atoms with E-state index in [0.717, 1.165) is 55.1 Å². The topological polar surface area (TPSA) is 45.5 Å². The number of para-hydroxylation sites is 1. The minimum Gasteiger partial charge on any atom is -0.460 e. The summed E-state index contributed by atoms with van der Waals surface area (Å²) in [7, 11) is 0. The molecule has 0 radical (unpaired) electrons. The lowest BCUT2D eigenvalue weighted by atomic mass is 10.0. The van der Waals surface area contributed by atoms with Gasteiger partial charge in [-0.1, -0.05) is 18.2 Å². The van der Waals surface area contributed by atoms with Gasteiger partial charge < -0.3 is 14.6 Å². The number of rotatable bonds is 5. The summed E-state index contributed by atoms with van der Waals surface area (Å²) in [5, 5.41) is 4.73. The van der Waals surface area contributed by atoms with Crippen molar-refractivity contribution >= 4 is 16.9 Å². The molecule has 0 spiro atoms. The number of nitrogens with zero attached hydrogens (tertiary/aromatic N) is 1. The molecule has 1 saturated heterocycles. The first-order valence-electron chi connectivity index (χ1n) is 9.21. The molecule has 1 aliphatic heterocycles. The van der Waals surface area contributed by atoms with Crippen LogP contribution in [0.5, 0.6) is 0 Å². The molecule has 128 valence electrons. The Morgan fingerprint density at radius 3 is 2.71 bits per heavy atom. The van der Waals surface area contributed by atoms with Crippen LogP contribution >= 0.6 is 0 Å². The number of likely N-dealkylation sites (tertiary alicyclic amines) is 1. The molecular weight excluding hydrogens is 300 g/mol. The highest BCUT2D eigenvalue weighted by atomic mass is 16.3. The quantitative estimate of drug-likeness (QED) is 0.914. The Balaban J connectivity index is 1.34. The van der Waals surface area contributed by atoms with Crippen molar-refractivity contribution < 1.29 is 9.21 Å². The lowest BCUT2D eigenvalue weighted by molar-refractivity contribution is -0.133. The number of nitrogens with one attached hydrogen (secondary N) is 1. The molecule has 1 unspecified atom stereocenters. The zero-order valence-electron chi connectivity index (χ0n) is 14.3. The number of hydrogen-bond donors (Lipinski definition) is 1. The van der Waals surface area contributed by atoms with Crippen molar-refractivity contribution in [1.29, 1.82) is 0 Å². The van der Waals surface area contributed by atoms with E-state index in [-0.39, 0.29) is 11.8 Å². The molecule has 1 atom stereocenters. The molecule has 4 nitrogen and oxygen atoms in total. The number of amides is 1. The number of fused-ring (bicyclic) bond motifs is 1. The zero-order valence-corrected chi connectivity index (χ0v) is 14.3. The van der Waals surface area contributed by atoms with Gasteiger partial charge in [0.15, 0.2) is 0 Å². The van der Waals surface area contributed by atoms with Crippen LogP contribution in [-0.4, -0.2) is 36.5 Å². The van der Waals surface area contributed by atoms with E-state index in [2.05, 4.69) is 5.32 Å².